The lowest BCUT2D eigenvalue weighted by molar-refractivity contribution is -0.264. The Morgan fingerprint density at radius 3 is 2.06 bits per heavy atom. The average molecular weight is 768 g/mol. The Morgan fingerprint density at radius 1 is 0.980 bits per heavy atom. The van der Waals surface area contributed by atoms with Crippen LogP contribution < -0.4 is 15.4 Å². The Bertz CT molecular complexity index is 1650. The average Bonchev–Trinajstić information content (AvgIpc) is 3.31. The Morgan fingerprint density at radius 2 is 1.54 bits per heavy atom. The smallest absolute Gasteiger partial charge is 0.428 e. The van der Waals surface area contributed by atoms with Crippen molar-refractivity contribution in [1.82, 2.24) is 10.2 Å². The molecule has 2 saturated heterocycles. The fourth-order valence-corrected chi connectivity index (χ4v) is 11.0. The monoisotopic (exact) mass is 767 g/mol. The minimum atomic E-state index is -5.10. The van der Waals surface area contributed by atoms with Gasteiger partial charge in [0, 0.05) is 28.8 Å². The number of hydrogen-bond acceptors (Lipinski definition) is 17. The highest BCUT2D eigenvalue weighted by atomic mass is 32.2. The molecule has 0 aliphatic carbocycles. The molecule has 0 spiro atoms. The number of ether oxygens (including phenoxy) is 1. The number of aliphatic hydroxyl groups is 1. The van der Waals surface area contributed by atoms with Crippen LogP contribution in [0.15, 0.2) is 30.3 Å². The molecule has 2 amide bonds. The van der Waals surface area contributed by atoms with Gasteiger partial charge in [0.05, 0.1) is 40.6 Å². The maximum atomic E-state index is 13.9. The molecule has 3 unspecified atom stereocenters. The predicted molar refractivity (Wildman–Crippen MR) is 176 cm³/mol. The first-order valence-electron chi connectivity index (χ1n) is 14.9. The minimum absolute atomic E-state index is 0.103. The fraction of sp³-hybridized carbons (Fsp3) is 0.536. The van der Waals surface area contributed by atoms with Gasteiger partial charge >= 0.3 is 21.2 Å². The highest BCUT2D eigenvalue weighted by Crippen LogP contribution is 2.78. The van der Waals surface area contributed by atoms with Crippen molar-refractivity contribution in [2.45, 2.75) is 54.5 Å². The molecule has 3 atom stereocenters. The number of nitrogens with zero attached hydrogens (tertiary/aromatic N) is 1. The lowest BCUT2D eigenvalue weighted by Gasteiger charge is -2.43. The summed E-state index contributed by atoms with van der Waals surface area (Å²) in [5.41, 5.74) is 0.460. The molecule has 2 heterocycles. The van der Waals surface area contributed by atoms with Gasteiger partial charge in [-0.15, -0.1) is 30.5 Å². The molecule has 0 bridgehead atoms. The van der Waals surface area contributed by atoms with Crippen LogP contribution >= 0.6 is 27.0 Å². The van der Waals surface area contributed by atoms with Gasteiger partial charge in [0.25, 0.3) is 11.0 Å². The van der Waals surface area contributed by atoms with Crippen LogP contribution in [0.1, 0.15) is 37.6 Å². The molecule has 2 aromatic rings. The largest absolute Gasteiger partial charge is 0.493 e. The van der Waals surface area contributed by atoms with Gasteiger partial charge < -0.3 is 30.5 Å². The van der Waals surface area contributed by atoms with Gasteiger partial charge in [0.15, 0.2) is 0 Å². The van der Waals surface area contributed by atoms with E-state index in [1.807, 2.05) is 0 Å². The molecular weight excluding hydrogens is 728 g/mol. The molecule has 2 fully saturated rings. The summed E-state index contributed by atoms with van der Waals surface area (Å²) < 4.78 is 51.0. The van der Waals surface area contributed by atoms with Crippen LogP contribution in [0.4, 0.5) is 5.69 Å². The Kier molecular flexibility index (Phi) is 12.6. The van der Waals surface area contributed by atoms with Gasteiger partial charge in [-0.2, -0.15) is 0 Å². The van der Waals surface area contributed by atoms with E-state index in [-0.39, 0.29) is 24.5 Å². The van der Waals surface area contributed by atoms with Crippen molar-refractivity contribution < 1.29 is 76.7 Å². The van der Waals surface area contributed by atoms with E-state index in [4.69, 9.17) is 23.4 Å². The van der Waals surface area contributed by atoms with E-state index in [9.17, 15) is 33.7 Å². The SMILES string of the molecule is CCOc1ccc2ccc(NCCC(O)(P(=O)(OOC)OOC)P(=O)(OOC)OOC)cc2c1C(=O)NC1C(=O)N2C1SC(C)(C)C2C(=O)O. The van der Waals surface area contributed by atoms with Crippen LogP contribution in [-0.4, -0.2) is 102 Å². The molecule has 50 heavy (non-hydrogen) atoms. The van der Waals surface area contributed by atoms with E-state index in [1.54, 1.807) is 51.1 Å². The van der Waals surface area contributed by atoms with Crippen LogP contribution in [0.2, 0.25) is 0 Å². The van der Waals surface area contributed by atoms with E-state index >= 15 is 0 Å². The highest BCUT2D eigenvalue weighted by Gasteiger charge is 2.68. The third-order valence-electron chi connectivity index (χ3n) is 7.83. The quantitative estimate of drug-likeness (QED) is 0.0691. The van der Waals surface area contributed by atoms with E-state index in [2.05, 4.69) is 30.2 Å². The van der Waals surface area contributed by atoms with Crippen LogP contribution in [0.3, 0.4) is 0 Å². The Balaban J connectivity index is 1.65. The highest BCUT2D eigenvalue weighted by molar-refractivity contribution is 8.01. The lowest BCUT2D eigenvalue weighted by Crippen LogP contribution is -2.70. The zero-order valence-corrected chi connectivity index (χ0v) is 30.7. The van der Waals surface area contributed by atoms with Gasteiger partial charge in [-0.25, -0.2) is 24.3 Å². The van der Waals surface area contributed by atoms with Crippen molar-refractivity contribution in [3.05, 3.63) is 35.9 Å². The number of hydrogen-bond donors (Lipinski definition) is 4. The number of rotatable bonds is 19. The standard InChI is InChI=1S/C28H39N3O16P2S/c1-8-43-19-12-10-16-9-11-17(29-14-13-28(36,48(37,44-39-4)45-40-5)49(38,46-41-6)47-42-7)15-18(16)20(19)23(32)30-21-24(33)31-22(26(34)35)27(2,3)50-25(21)31/h9-12,15,21-22,25,29,36H,8,13-14H2,1-7H3,(H,30,32)(H,34,35). The topological polar surface area (TPSA) is 236 Å². The van der Waals surface area contributed by atoms with Gasteiger partial charge in [-0.05, 0) is 44.4 Å². The molecule has 0 radical (unpaired) electrons. The van der Waals surface area contributed by atoms with Gasteiger partial charge in [-0.1, -0.05) is 12.1 Å². The van der Waals surface area contributed by atoms with Crippen molar-refractivity contribution in [1.29, 1.82) is 0 Å². The molecule has 0 aromatic heterocycles. The molecule has 4 rings (SSSR count). The minimum Gasteiger partial charge on any atom is -0.493 e. The fourth-order valence-electron chi connectivity index (χ4n) is 5.73. The van der Waals surface area contributed by atoms with E-state index in [0.29, 0.717) is 16.5 Å². The number of carbonyl (C=O) groups excluding carboxylic acids is 2. The van der Waals surface area contributed by atoms with Crippen molar-refractivity contribution in [3.8, 4) is 5.75 Å². The van der Waals surface area contributed by atoms with Crippen LogP contribution in [-0.2, 0) is 57.0 Å². The third-order valence-corrected chi connectivity index (χ3v) is 14.5. The number of amides is 2. The van der Waals surface area contributed by atoms with Crippen LogP contribution in [0.25, 0.3) is 10.8 Å². The first-order valence-corrected chi connectivity index (χ1v) is 18.8. The summed E-state index contributed by atoms with van der Waals surface area (Å²) in [5.74, 6) is -2.06. The number of anilines is 1. The summed E-state index contributed by atoms with van der Waals surface area (Å²) in [6.45, 7) is 5.09. The molecule has 2 aliphatic heterocycles. The van der Waals surface area contributed by atoms with Crippen molar-refractivity contribution >= 4 is 61.2 Å². The van der Waals surface area contributed by atoms with Gasteiger partial charge in [0.2, 0.25) is 5.91 Å². The molecule has 278 valence electrons. The maximum absolute atomic E-state index is 13.9. The summed E-state index contributed by atoms with van der Waals surface area (Å²) in [7, 11) is -6.42. The van der Waals surface area contributed by atoms with Crippen molar-refractivity contribution in [2.24, 2.45) is 0 Å². The summed E-state index contributed by atoms with van der Waals surface area (Å²) in [6.07, 6.45) is -0.752. The Labute approximate surface area is 290 Å². The van der Waals surface area contributed by atoms with Gasteiger partial charge in [-0.3, -0.25) is 18.7 Å². The second kappa shape index (κ2) is 15.8. The van der Waals surface area contributed by atoms with Crippen molar-refractivity contribution in [3.63, 3.8) is 0 Å². The second-order valence-corrected chi connectivity index (χ2v) is 17.5. The number of aliphatic carboxylic acids is 1. The summed E-state index contributed by atoms with van der Waals surface area (Å²) in [6, 6.07) is 6.22. The molecule has 19 nitrogen and oxygen atoms in total. The van der Waals surface area contributed by atoms with Crippen LogP contribution in [0.5, 0.6) is 5.75 Å². The molecule has 22 heteroatoms. The first-order chi connectivity index (χ1) is 23.6. The number of nitrogens with one attached hydrogen (secondary N) is 2. The first kappa shape index (κ1) is 39.9. The number of benzene rings is 2. The van der Waals surface area contributed by atoms with E-state index < -0.39 is 66.7 Å². The number of carboxylic acids is 1. The summed E-state index contributed by atoms with van der Waals surface area (Å²) in [4.78, 5) is 58.1. The second-order valence-electron chi connectivity index (χ2n) is 11.3. The molecule has 2 aliphatic rings. The number of carboxylic acid groups (broad SMARTS) is 1. The zero-order chi connectivity index (χ0) is 37.1. The number of carbonyl (C=O) groups is 3. The Hall–Kier alpha value is -2.84. The number of fused-ring (bicyclic) bond motifs is 2. The number of β-lactam (4-membered cyclic amide) rings is 1. The van der Waals surface area contributed by atoms with E-state index in [0.717, 1.165) is 28.4 Å². The predicted octanol–water partition coefficient (Wildman–Crippen LogP) is 3.63. The molecule has 2 aromatic carbocycles. The summed E-state index contributed by atoms with van der Waals surface area (Å²) >= 11 is 1.29. The van der Waals surface area contributed by atoms with Crippen LogP contribution in [0, 0.1) is 0 Å². The van der Waals surface area contributed by atoms with Crippen molar-refractivity contribution in [2.75, 3.05) is 46.9 Å². The lowest BCUT2D eigenvalue weighted by atomic mass is 9.95. The molecular formula is C28H39N3O16P2S. The maximum Gasteiger partial charge on any atom is 0.428 e. The van der Waals surface area contributed by atoms with Gasteiger partial charge in [0.1, 0.15) is 23.2 Å². The normalized spacial score (nSPS) is 20.4. The van der Waals surface area contributed by atoms with E-state index in [1.165, 1.54) is 16.7 Å². The zero-order valence-electron chi connectivity index (χ0n) is 28.1. The number of thioether (sulfide) groups is 1. The molecule has 4 N–H and O–H groups in total. The summed E-state index contributed by atoms with van der Waals surface area (Å²) in [5, 5.41) is 24.3. The third kappa shape index (κ3) is 7.26. The molecule has 0 saturated carbocycles.